The van der Waals surface area contributed by atoms with Crippen LogP contribution in [0.3, 0.4) is 0 Å². The summed E-state index contributed by atoms with van der Waals surface area (Å²) in [5.41, 5.74) is 2.77. The van der Waals surface area contributed by atoms with E-state index in [1.165, 1.54) is 12.1 Å². The number of rotatable bonds is 7. The number of hydrogen-bond donors (Lipinski definition) is 2. The van der Waals surface area contributed by atoms with E-state index in [2.05, 4.69) is 10.6 Å². The van der Waals surface area contributed by atoms with E-state index in [0.717, 1.165) is 16.9 Å². The molecule has 0 radical (unpaired) electrons. The zero-order valence-corrected chi connectivity index (χ0v) is 12.9. The summed E-state index contributed by atoms with van der Waals surface area (Å²) in [6.45, 7) is 2.60. The first-order valence-corrected chi connectivity index (χ1v) is 7.39. The Kier molecular flexibility index (Phi) is 5.68. The average Bonchev–Trinajstić information content (AvgIpc) is 2.52. The largest absolute Gasteiger partial charge is 0.385 e. The monoisotopic (exact) mass is 313 g/mol. The molecule has 0 bridgehead atoms. The Hall–Kier alpha value is -2.89. The molecular formula is C17H19N3O3. The highest BCUT2D eigenvalue weighted by molar-refractivity contribution is 5.90. The first kappa shape index (κ1) is 16.5. The SMILES string of the molecule is Cc1cccc(NC(=O)CCCNc2ccc([N+](=O)[O-])cc2)c1. The minimum Gasteiger partial charge on any atom is -0.385 e. The summed E-state index contributed by atoms with van der Waals surface area (Å²) in [5, 5.41) is 16.6. The molecule has 0 unspecified atom stereocenters. The molecule has 2 aromatic carbocycles. The predicted octanol–water partition coefficient (Wildman–Crippen LogP) is 3.73. The summed E-state index contributed by atoms with van der Waals surface area (Å²) in [6, 6.07) is 13.9. The van der Waals surface area contributed by atoms with Gasteiger partial charge in [0.2, 0.25) is 5.91 Å². The number of nitrogens with zero attached hydrogens (tertiary/aromatic N) is 1. The van der Waals surface area contributed by atoms with Gasteiger partial charge in [-0.05, 0) is 43.2 Å². The number of non-ortho nitro benzene ring substituents is 1. The van der Waals surface area contributed by atoms with Gasteiger partial charge < -0.3 is 10.6 Å². The lowest BCUT2D eigenvalue weighted by Gasteiger charge is -2.07. The van der Waals surface area contributed by atoms with E-state index in [1.54, 1.807) is 12.1 Å². The van der Waals surface area contributed by atoms with Crippen molar-refractivity contribution < 1.29 is 9.72 Å². The molecule has 1 amide bonds. The maximum Gasteiger partial charge on any atom is 0.269 e. The van der Waals surface area contributed by atoms with Crippen LogP contribution in [-0.4, -0.2) is 17.4 Å². The Morgan fingerprint density at radius 1 is 1.13 bits per heavy atom. The molecule has 0 aliphatic carbocycles. The highest BCUT2D eigenvalue weighted by Gasteiger charge is 2.04. The van der Waals surface area contributed by atoms with Gasteiger partial charge in [-0.15, -0.1) is 0 Å². The zero-order valence-electron chi connectivity index (χ0n) is 12.9. The number of aryl methyl sites for hydroxylation is 1. The molecule has 0 saturated heterocycles. The van der Waals surface area contributed by atoms with Crippen LogP contribution < -0.4 is 10.6 Å². The first-order valence-electron chi connectivity index (χ1n) is 7.39. The Balaban J connectivity index is 1.70. The van der Waals surface area contributed by atoms with Crippen molar-refractivity contribution in [2.24, 2.45) is 0 Å². The molecule has 0 fully saturated rings. The summed E-state index contributed by atoms with van der Waals surface area (Å²) in [5.74, 6) is -0.0268. The fraction of sp³-hybridized carbons (Fsp3) is 0.235. The van der Waals surface area contributed by atoms with E-state index >= 15 is 0 Å². The van der Waals surface area contributed by atoms with Gasteiger partial charge in [0.15, 0.2) is 0 Å². The fourth-order valence-electron chi connectivity index (χ4n) is 2.13. The molecule has 0 heterocycles. The number of anilines is 2. The molecule has 2 N–H and O–H groups in total. The number of nitro benzene ring substituents is 1. The van der Waals surface area contributed by atoms with Crippen LogP contribution in [0.5, 0.6) is 0 Å². The highest BCUT2D eigenvalue weighted by Crippen LogP contribution is 2.15. The summed E-state index contributed by atoms with van der Waals surface area (Å²) >= 11 is 0. The second-order valence-electron chi connectivity index (χ2n) is 5.25. The van der Waals surface area contributed by atoms with Crippen LogP contribution in [0.2, 0.25) is 0 Å². The molecule has 23 heavy (non-hydrogen) atoms. The third-order valence-corrected chi connectivity index (χ3v) is 3.29. The van der Waals surface area contributed by atoms with Gasteiger partial charge in [-0.1, -0.05) is 12.1 Å². The van der Waals surface area contributed by atoms with Crippen LogP contribution >= 0.6 is 0 Å². The molecule has 0 aliphatic heterocycles. The summed E-state index contributed by atoms with van der Waals surface area (Å²) in [7, 11) is 0. The van der Waals surface area contributed by atoms with Gasteiger partial charge in [0, 0.05) is 36.5 Å². The minimum atomic E-state index is -0.431. The van der Waals surface area contributed by atoms with Crippen LogP contribution in [0.1, 0.15) is 18.4 Å². The molecule has 0 saturated carbocycles. The van der Waals surface area contributed by atoms with E-state index < -0.39 is 4.92 Å². The number of nitrogens with one attached hydrogen (secondary N) is 2. The third-order valence-electron chi connectivity index (χ3n) is 3.29. The summed E-state index contributed by atoms with van der Waals surface area (Å²) in [4.78, 5) is 22.0. The number of carbonyl (C=O) groups excluding carboxylic acids is 1. The molecular weight excluding hydrogens is 294 g/mol. The van der Waals surface area contributed by atoms with Crippen molar-refractivity contribution >= 4 is 23.0 Å². The van der Waals surface area contributed by atoms with Gasteiger partial charge in [-0.3, -0.25) is 14.9 Å². The quantitative estimate of drug-likeness (QED) is 0.463. The minimum absolute atomic E-state index is 0.0268. The Bertz CT molecular complexity index is 684. The van der Waals surface area contributed by atoms with Gasteiger partial charge in [-0.25, -0.2) is 0 Å². The van der Waals surface area contributed by atoms with Gasteiger partial charge in [0.1, 0.15) is 0 Å². The Morgan fingerprint density at radius 2 is 1.87 bits per heavy atom. The third kappa shape index (κ3) is 5.43. The van der Waals surface area contributed by atoms with Crippen LogP contribution in [0.15, 0.2) is 48.5 Å². The molecule has 0 spiro atoms. The molecule has 0 aliphatic rings. The van der Waals surface area contributed by atoms with Gasteiger partial charge in [-0.2, -0.15) is 0 Å². The van der Waals surface area contributed by atoms with Crippen molar-refractivity contribution in [3.8, 4) is 0 Å². The van der Waals surface area contributed by atoms with Crippen molar-refractivity contribution in [3.05, 3.63) is 64.2 Å². The second-order valence-corrected chi connectivity index (χ2v) is 5.25. The number of benzene rings is 2. The van der Waals surface area contributed by atoms with E-state index in [-0.39, 0.29) is 11.6 Å². The smallest absolute Gasteiger partial charge is 0.269 e. The molecule has 6 nitrogen and oxygen atoms in total. The number of carbonyl (C=O) groups is 1. The zero-order chi connectivity index (χ0) is 16.7. The standard InChI is InChI=1S/C17H19N3O3/c1-13-4-2-5-15(12-13)19-17(21)6-3-11-18-14-7-9-16(10-8-14)20(22)23/h2,4-5,7-10,12,18H,3,6,11H2,1H3,(H,19,21). The van der Waals surface area contributed by atoms with E-state index in [0.29, 0.717) is 19.4 Å². The number of nitro groups is 1. The maximum atomic E-state index is 11.8. The molecule has 2 aromatic rings. The summed E-state index contributed by atoms with van der Waals surface area (Å²) < 4.78 is 0. The lowest BCUT2D eigenvalue weighted by Crippen LogP contribution is -2.13. The van der Waals surface area contributed by atoms with Crippen LogP contribution in [-0.2, 0) is 4.79 Å². The van der Waals surface area contributed by atoms with Crippen molar-refractivity contribution in [1.82, 2.24) is 0 Å². The van der Waals surface area contributed by atoms with Crippen LogP contribution in [0.4, 0.5) is 17.1 Å². The molecule has 2 rings (SSSR count). The van der Waals surface area contributed by atoms with Crippen molar-refractivity contribution in [2.45, 2.75) is 19.8 Å². The van der Waals surface area contributed by atoms with Crippen molar-refractivity contribution in [1.29, 1.82) is 0 Å². The molecule has 0 aromatic heterocycles. The second kappa shape index (κ2) is 7.93. The Labute approximate surface area is 134 Å². The first-order chi connectivity index (χ1) is 11.0. The Morgan fingerprint density at radius 3 is 2.52 bits per heavy atom. The molecule has 0 atom stereocenters. The topological polar surface area (TPSA) is 84.3 Å². The highest BCUT2D eigenvalue weighted by atomic mass is 16.6. The maximum absolute atomic E-state index is 11.8. The molecule has 6 heteroatoms. The van der Waals surface area contributed by atoms with Gasteiger partial charge in [0.05, 0.1) is 4.92 Å². The normalized spacial score (nSPS) is 10.1. The lowest BCUT2D eigenvalue weighted by atomic mass is 10.2. The van der Waals surface area contributed by atoms with E-state index in [9.17, 15) is 14.9 Å². The van der Waals surface area contributed by atoms with Crippen molar-refractivity contribution in [3.63, 3.8) is 0 Å². The van der Waals surface area contributed by atoms with Crippen molar-refractivity contribution in [2.75, 3.05) is 17.2 Å². The predicted molar refractivity (Wildman–Crippen MR) is 90.6 cm³/mol. The number of hydrogen-bond acceptors (Lipinski definition) is 4. The van der Waals surface area contributed by atoms with E-state index in [1.807, 2.05) is 31.2 Å². The fourth-order valence-corrected chi connectivity index (χ4v) is 2.13. The van der Waals surface area contributed by atoms with Crippen LogP contribution in [0, 0.1) is 17.0 Å². The molecule has 120 valence electrons. The summed E-state index contributed by atoms with van der Waals surface area (Å²) in [6.07, 6.45) is 1.09. The average molecular weight is 313 g/mol. The van der Waals surface area contributed by atoms with Gasteiger partial charge in [0.25, 0.3) is 5.69 Å². The van der Waals surface area contributed by atoms with Crippen LogP contribution in [0.25, 0.3) is 0 Å². The lowest BCUT2D eigenvalue weighted by molar-refractivity contribution is -0.384. The van der Waals surface area contributed by atoms with Gasteiger partial charge >= 0.3 is 0 Å². The number of amides is 1. The van der Waals surface area contributed by atoms with E-state index in [4.69, 9.17) is 0 Å².